The zero-order chi connectivity index (χ0) is 19.9. The lowest BCUT2D eigenvalue weighted by Gasteiger charge is -2.11. The zero-order valence-corrected chi connectivity index (χ0v) is 16.0. The minimum absolute atomic E-state index is 0.254. The van der Waals surface area contributed by atoms with Crippen molar-refractivity contribution in [1.29, 1.82) is 0 Å². The molecule has 1 amide bonds. The summed E-state index contributed by atoms with van der Waals surface area (Å²) >= 11 is 0. The molecule has 28 heavy (non-hydrogen) atoms. The second-order valence-corrected chi connectivity index (χ2v) is 6.76. The van der Waals surface area contributed by atoms with E-state index in [1.165, 1.54) is 0 Å². The van der Waals surface area contributed by atoms with Crippen molar-refractivity contribution in [2.45, 2.75) is 32.7 Å². The van der Waals surface area contributed by atoms with E-state index in [4.69, 9.17) is 11.5 Å². The number of carbonyl (C=O) groups excluding carboxylic acids is 1. The number of nitrogens with one attached hydrogen (secondary N) is 1. The topological polar surface area (TPSA) is 107 Å². The number of amides is 1. The quantitative estimate of drug-likeness (QED) is 0.561. The van der Waals surface area contributed by atoms with Crippen LogP contribution in [-0.4, -0.2) is 15.9 Å². The molecule has 144 valence electrons. The summed E-state index contributed by atoms with van der Waals surface area (Å²) in [7, 11) is 0. The summed E-state index contributed by atoms with van der Waals surface area (Å²) in [4.78, 5) is 20.4. The van der Waals surface area contributed by atoms with Gasteiger partial charge in [-0.3, -0.25) is 4.79 Å². The Hall–Kier alpha value is -3.25. The van der Waals surface area contributed by atoms with Crippen molar-refractivity contribution in [2.24, 2.45) is 11.5 Å². The molecule has 1 heterocycles. The molecule has 0 unspecified atom stereocenters. The molecule has 0 aliphatic carbocycles. The second kappa shape index (κ2) is 9.10. The number of hydrogen-bond acceptors (Lipinski definition) is 5. The van der Waals surface area contributed by atoms with E-state index in [0.717, 1.165) is 46.5 Å². The van der Waals surface area contributed by atoms with E-state index in [2.05, 4.69) is 15.3 Å². The minimum Gasteiger partial charge on any atom is -0.369 e. The van der Waals surface area contributed by atoms with Gasteiger partial charge < -0.3 is 16.8 Å². The summed E-state index contributed by atoms with van der Waals surface area (Å²) in [5, 5.41) is 3.23. The summed E-state index contributed by atoms with van der Waals surface area (Å²) in [5.74, 6) is 0.240. The van der Waals surface area contributed by atoms with Crippen LogP contribution in [0.25, 0.3) is 0 Å². The lowest BCUT2D eigenvalue weighted by Crippen LogP contribution is -2.15. The van der Waals surface area contributed by atoms with E-state index in [9.17, 15) is 4.79 Å². The van der Waals surface area contributed by atoms with Crippen molar-refractivity contribution in [3.05, 3.63) is 82.7 Å². The minimum atomic E-state index is -0.321. The number of aromatic nitrogens is 2. The van der Waals surface area contributed by atoms with E-state index in [-0.39, 0.29) is 12.3 Å². The van der Waals surface area contributed by atoms with E-state index in [1.54, 1.807) is 0 Å². The first-order valence-electron chi connectivity index (χ1n) is 9.29. The monoisotopic (exact) mass is 375 g/mol. The molecule has 5 N–H and O–H groups in total. The average Bonchev–Trinajstić information content (AvgIpc) is 2.69. The summed E-state index contributed by atoms with van der Waals surface area (Å²) in [5.41, 5.74) is 17.1. The molecule has 2 aromatic carbocycles. The maximum Gasteiger partial charge on any atom is 0.227 e. The first-order valence-corrected chi connectivity index (χ1v) is 9.29. The fourth-order valence-electron chi connectivity index (χ4n) is 3.06. The number of nitrogens with zero attached hydrogens (tertiary/aromatic N) is 2. The number of primary amides is 1. The number of aryl methyl sites for hydroxylation is 3. The van der Waals surface area contributed by atoms with Crippen molar-refractivity contribution in [2.75, 3.05) is 5.32 Å². The van der Waals surface area contributed by atoms with Crippen molar-refractivity contribution < 1.29 is 4.79 Å². The maximum absolute atomic E-state index is 11.3. The molecule has 0 aliphatic heterocycles. The number of nitrogens with two attached hydrogens (primary N) is 2. The standard InChI is InChI=1S/C22H25N5O/c1-15-14-25-22(26-19-9-6-16(13-23)7-10-19)27-20(15)11-8-17-4-2-3-5-18(17)12-21(24)28/h2-7,9-10,14H,8,11-13,23H2,1H3,(H2,24,28)(H,25,26,27). The SMILES string of the molecule is Cc1cnc(Nc2ccc(CN)cc2)nc1CCc1ccccc1CC(N)=O. The van der Waals surface area contributed by atoms with Crippen LogP contribution in [0.2, 0.25) is 0 Å². The Morgan fingerprint density at radius 3 is 2.43 bits per heavy atom. The summed E-state index contributed by atoms with van der Waals surface area (Å²) in [6.07, 6.45) is 3.62. The molecule has 1 aromatic heterocycles. The van der Waals surface area contributed by atoms with Gasteiger partial charge in [0.2, 0.25) is 11.9 Å². The van der Waals surface area contributed by atoms with Gasteiger partial charge >= 0.3 is 0 Å². The third-order valence-electron chi connectivity index (χ3n) is 4.64. The zero-order valence-electron chi connectivity index (χ0n) is 16.0. The van der Waals surface area contributed by atoms with Crippen LogP contribution in [-0.2, 0) is 30.6 Å². The summed E-state index contributed by atoms with van der Waals surface area (Å²) < 4.78 is 0. The molecule has 0 bridgehead atoms. The van der Waals surface area contributed by atoms with Crippen molar-refractivity contribution in [1.82, 2.24) is 9.97 Å². The molecule has 0 aliphatic rings. The first kappa shape index (κ1) is 19.5. The lowest BCUT2D eigenvalue weighted by molar-refractivity contribution is -0.117. The van der Waals surface area contributed by atoms with Gasteiger partial charge in [0.25, 0.3) is 0 Å². The van der Waals surface area contributed by atoms with E-state index in [0.29, 0.717) is 12.5 Å². The van der Waals surface area contributed by atoms with Crippen LogP contribution < -0.4 is 16.8 Å². The number of rotatable bonds is 8. The van der Waals surface area contributed by atoms with Crippen LogP contribution in [0, 0.1) is 6.92 Å². The van der Waals surface area contributed by atoms with Gasteiger partial charge in [-0.05, 0) is 54.2 Å². The van der Waals surface area contributed by atoms with Gasteiger partial charge in [0.15, 0.2) is 0 Å². The van der Waals surface area contributed by atoms with Crippen LogP contribution >= 0.6 is 0 Å². The maximum atomic E-state index is 11.3. The number of carbonyl (C=O) groups is 1. The molecular formula is C22H25N5O. The lowest BCUT2D eigenvalue weighted by atomic mass is 9.98. The molecule has 6 nitrogen and oxygen atoms in total. The molecule has 0 spiro atoms. The number of anilines is 2. The summed E-state index contributed by atoms with van der Waals surface area (Å²) in [6.45, 7) is 2.52. The van der Waals surface area contributed by atoms with Gasteiger partial charge in [0, 0.05) is 24.1 Å². The van der Waals surface area contributed by atoms with Crippen LogP contribution in [0.5, 0.6) is 0 Å². The van der Waals surface area contributed by atoms with E-state index < -0.39 is 0 Å². The molecule has 0 atom stereocenters. The molecule has 0 saturated carbocycles. The van der Waals surface area contributed by atoms with Crippen LogP contribution in [0.1, 0.15) is 27.9 Å². The third kappa shape index (κ3) is 5.14. The number of hydrogen-bond donors (Lipinski definition) is 3. The molecule has 6 heteroatoms. The highest BCUT2D eigenvalue weighted by Gasteiger charge is 2.09. The largest absolute Gasteiger partial charge is 0.369 e. The predicted octanol–water partition coefficient (Wildman–Crippen LogP) is 2.80. The third-order valence-corrected chi connectivity index (χ3v) is 4.64. The van der Waals surface area contributed by atoms with Crippen molar-refractivity contribution >= 4 is 17.5 Å². The Morgan fingerprint density at radius 2 is 1.75 bits per heavy atom. The van der Waals surface area contributed by atoms with Gasteiger partial charge in [-0.25, -0.2) is 9.97 Å². The van der Waals surface area contributed by atoms with Crippen molar-refractivity contribution in [3.63, 3.8) is 0 Å². The fourth-order valence-corrected chi connectivity index (χ4v) is 3.06. The van der Waals surface area contributed by atoms with Crippen molar-refractivity contribution in [3.8, 4) is 0 Å². The van der Waals surface area contributed by atoms with Crippen LogP contribution in [0.15, 0.2) is 54.7 Å². The molecular weight excluding hydrogens is 350 g/mol. The van der Waals surface area contributed by atoms with Gasteiger partial charge in [0.1, 0.15) is 0 Å². The van der Waals surface area contributed by atoms with Crippen LogP contribution in [0.4, 0.5) is 11.6 Å². The van der Waals surface area contributed by atoms with Gasteiger partial charge in [0.05, 0.1) is 6.42 Å². The van der Waals surface area contributed by atoms with Crippen LogP contribution in [0.3, 0.4) is 0 Å². The normalized spacial score (nSPS) is 10.6. The molecule has 3 rings (SSSR count). The molecule has 3 aromatic rings. The predicted molar refractivity (Wildman–Crippen MR) is 111 cm³/mol. The van der Waals surface area contributed by atoms with Gasteiger partial charge in [-0.15, -0.1) is 0 Å². The highest BCUT2D eigenvalue weighted by molar-refractivity contribution is 5.77. The Balaban J connectivity index is 1.72. The highest BCUT2D eigenvalue weighted by Crippen LogP contribution is 2.18. The Kier molecular flexibility index (Phi) is 6.34. The Morgan fingerprint density at radius 1 is 1.04 bits per heavy atom. The first-order chi connectivity index (χ1) is 13.5. The summed E-state index contributed by atoms with van der Waals surface area (Å²) in [6, 6.07) is 15.8. The van der Waals surface area contributed by atoms with Gasteiger partial charge in [-0.1, -0.05) is 36.4 Å². The smallest absolute Gasteiger partial charge is 0.227 e. The number of benzene rings is 2. The molecule has 0 saturated heterocycles. The highest BCUT2D eigenvalue weighted by atomic mass is 16.1. The second-order valence-electron chi connectivity index (χ2n) is 6.76. The van der Waals surface area contributed by atoms with E-state index in [1.807, 2.05) is 61.7 Å². The fraction of sp³-hybridized carbons (Fsp3) is 0.227. The molecule has 0 radical (unpaired) electrons. The Labute approximate surface area is 165 Å². The van der Waals surface area contributed by atoms with Gasteiger partial charge in [-0.2, -0.15) is 0 Å². The average molecular weight is 375 g/mol. The molecule has 0 fully saturated rings. The van der Waals surface area contributed by atoms with E-state index >= 15 is 0 Å². The Bertz CT molecular complexity index is 953.